The van der Waals surface area contributed by atoms with Gasteiger partial charge in [-0.25, -0.2) is 0 Å². The number of hydrogen-bond acceptors (Lipinski definition) is 3. The predicted octanol–water partition coefficient (Wildman–Crippen LogP) is 2.06. The molecule has 0 aromatic rings. The van der Waals surface area contributed by atoms with E-state index in [9.17, 15) is 0 Å². The molecule has 3 nitrogen and oxygen atoms in total. The van der Waals surface area contributed by atoms with Gasteiger partial charge in [0.1, 0.15) is 0 Å². The zero-order valence-corrected chi connectivity index (χ0v) is 10.6. The summed E-state index contributed by atoms with van der Waals surface area (Å²) in [7, 11) is 3.42. The molecule has 0 spiro atoms. The van der Waals surface area contributed by atoms with E-state index in [4.69, 9.17) is 9.47 Å². The maximum absolute atomic E-state index is 5.11. The van der Waals surface area contributed by atoms with E-state index < -0.39 is 0 Å². The normalized spacial score (nSPS) is 10.7. The third kappa shape index (κ3) is 8.48. The van der Waals surface area contributed by atoms with Gasteiger partial charge >= 0.3 is 0 Å². The summed E-state index contributed by atoms with van der Waals surface area (Å²) >= 11 is 0. The lowest BCUT2D eigenvalue weighted by Crippen LogP contribution is -2.50. The lowest BCUT2D eigenvalue weighted by atomic mass is 10.1. The van der Waals surface area contributed by atoms with Crippen LogP contribution in [0.2, 0.25) is 0 Å². The van der Waals surface area contributed by atoms with Crippen LogP contribution in [0.5, 0.6) is 0 Å². The van der Waals surface area contributed by atoms with E-state index in [-0.39, 0.29) is 5.54 Å². The molecular formula is C11H27NO2. The zero-order valence-electron chi connectivity index (χ0n) is 10.6. The fourth-order valence-corrected chi connectivity index (χ4v) is 1.21. The molecule has 14 heavy (non-hydrogen) atoms. The lowest BCUT2D eigenvalue weighted by Gasteiger charge is -2.29. The first kappa shape index (κ1) is 16.3. The van der Waals surface area contributed by atoms with Gasteiger partial charge in [0.25, 0.3) is 0 Å². The molecule has 0 aliphatic heterocycles. The van der Waals surface area contributed by atoms with Crippen molar-refractivity contribution < 1.29 is 9.47 Å². The Morgan fingerprint density at radius 1 is 1.07 bits per heavy atom. The average molecular weight is 205 g/mol. The second-order valence-electron chi connectivity index (χ2n) is 3.35. The molecule has 0 saturated heterocycles. The van der Waals surface area contributed by atoms with Gasteiger partial charge in [0.15, 0.2) is 0 Å². The molecule has 0 heterocycles. The molecule has 0 aromatic heterocycles. The molecular weight excluding hydrogens is 178 g/mol. The van der Waals surface area contributed by atoms with Crippen molar-refractivity contribution in [1.29, 1.82) is 0 Å². The van der Waals surface area contributed by atoms with Crippen molar-refractivity contribution >= 4 is 0 Å². The highest BCUT2D eigenvalue weighted by Gasteiger charge is 2.22. The average Bonchev–Trinajstić information content (AvgIpc) is 2.19. The van der Waals surface area contributed by atoms with Crippen LogP contribution in [0.15, 0.2) is 0 Å². The minimum Gasteiger partial charge on any atom is -0.383 e. The van der Waals surface area contributed by atoms with E-state index in [0.29, 0.717) is 13.2 Å². The van der Waals surface area contributed by atoms with E-state index in [2.05, 4.69) is 19.2 Å². The van der Waals surface area contributed by atoms with Crippen LogP contribution in [0, 0.1) is 0 Å². The van der Waals surface area contributed by atoms with Crippen molar-refractivity contribution in [3.63, 3.8) is 0 Å². The topological polar surface area (TPSA) is 30.5 Å². The molecule has 88 valence electrons. The summed E-state index contributed by atoms with van der Waals surface area (Å²) in [5, 5.41) is 3.40. The summed E-state index contributed by atoms with van der Waals surface area (Å²) < 4.78 is 10.2. The van der Waals surface area contributed by atoms with Crippen molar-refractivity contribution in [2.75, 3.05) is 34.0 Å². The molecule has 0 aliphatic rings. The summed E-state index contributed by atoms with van der Waals surface area (Å²) in [6.45, 7) is 10.6. The highest BCUT2D eigenvalue weighted by atomic mass is 16.5. The summed E-state index contributed by atoms with van der Waals surface area (Å²) in [6, 6.07) is 0. The maximum atomic E-state index is 5.11. The van der Waals surface area contributed by atoms with Crippen LogP contribution in [-0.4, -0.2) is 39.5 Å². The number of hydrogen-bond donors (Lipinski definition) is 1. The van der Waals surface area contributed by atoms with Crippen molar-refractivity contribution in [3.05, 3.63) is 0 Å². The summed E-state index contributed by atoms with van der Waals surface area (Å²) in [5.41, 5.74) is -0.0422. The molecule has 1 N–H and O–H groups in total. The first-order chi connectivity index (χ1) is 6.68. The Bertz CT molecular complexity index is 101. The van der Waals surface area contributed by atoms with E-state index >= 15 is 0 Å². The monoisotopic (exact) mass is 205 g/mol. The van der Waals surface area contributed by atoms with Gasteiger partial charge in [0.05, 0.1) is 18.8 Å². The Labute approximate surface area is 89.2 Å². The lowest BCUT2D eigenvalue weighted by molar-refractivity contribution is 0.0520. The first-order valence-electron chi connectivity index (χ1n) is 5.41. The van der Waals surface area contributed by atoms with Gasteiger partial charge in [0.2, 0.25) is 0 Å². The van der Waals surface area contributed by atoms with E-state index in [0.717, 1.165) is 13.0 Å². The van der Waals surface area contributed by atoms with Crippen LogP contribution >= 0.6 is 0 Å². The molecule has 0 aromatic carbocycles. The SMILES string of the molecule is CC.CCCNC(C)(COC)COC. The van der Waals surface area contributed by atoms with Crippen LogP contribution in [0.4, 0.5) is 0 Å². The van der Waals surface area contributed by atoms with E-state index in [1.165, 1.54) is 0 Å². The minimum atomic E-state index is -0.0422. The van der Waals surface area contributed by atoms with Crippen LogP contribution < -0.4 is 5.32 Å². The van der Waals surface area contributed by atoms with Gasteiger partial charge in [-0.15, -0.1) is 0 Å². The quantitative estimate of drug-likeness (QED) is 0.690. The fraction of sp³-hybridized carbons (Fsp3) is 1.00. The maximum Gasteiger partial charge on any atom is 0.0664 e. The Hall–Kier alpha value is -0.120. The largest absolute Gasteiger partial charge is 0.383 e. The van der Waals surface area contributed by atoms with Gasteiger partial charge in [0, 0.05) is 14.2 Å². The van der Waals surface area contributed by atoms with Crippen LogP contribution in [0.25, 0.3) is 0 Å². The van der Waals surface area contributed by atoms with Crippen LogP contribution in [-0.2, 0) is 9.47 Å². The Morgan fingerprint density at radius 2 is 1.50 bits per heavy atom. The summed E-state index contributed by atoms with van der Waals surface area (Å²) in [4.78, 5) is 0. The van der Waals surface area contributed by atoms with Gasteiger partial charge in [-0.2, -0.15) is 0 Å². The highest BCUT2D eigenvalue weighted by Crippen LogP contribution is 2.04. The Morgan fingerprint density at radius 3 is 1.79 bits per heavy atom. The third-order valence-electron chi connectivity index (χ3n) is 1.73. The molecule has 0 amide bonds. The fourth-order valence-electron chi connectivity index (χ4n) is 1.21. The van der Waals surface area contributed by atoms with Crippen LogP contribution in [0.3, 0.4) is 0 Å². The molecule has 0 radical (unpaired) electrons. The molecule has 0 atom stereocenters. The Balaban J connectivity index is 0. The molecule has 3 heteroatoms. The first-order valence-corrected chi connectivity index (χ1v) is 5.41. The molecule has 0 unspecified atom stereocenters. The number of rotatable bonds is 7. The van der Waals surface area contributed by atoms with Gasteiger partial charge in [-0.3, -0.25) is 0 Å². The minimum absolute atomic E-state index is 0.0422. The van der Waals surface area contributed by atoms with Crippen molar-refractivity contribution in [1.82, 2.24) is 5.32 Å². The number of nitrogens with one attached hydrogen (secondary N) is 1. The van der Waals surface area contributed by atoms with Crippen molar-refractivity contribution in [3.8, 4) is 0 Å². The Kier molecular flexibility index (Phi) is 12.8. The van der Waals surface area contributed by atoms with Crippen molar-refractivity contribution in [2.45, 2.75) is 39.7 Å². The standard InChI is InChI=1S/C9H21NO2.C2H6/c1-5-6-10-9(2,7-11-3)8-12-4;1-2/h10H,5-8H2,1-4H3;1-2H3. The number of methoxy groups -OCH3 is 2. The zero-order chi connectivity index (χ0) is 11.4. The third-order valence-corrected chi connectivity index (χ3v) is 1.73. The predicted molar refractivity (Wildman–Crippen MR) is 61.8 cm³/mol. The van der Waals surface area contributed by atoms with E-state index in [1.807, 2.05) is 13.8 Å². The van der Waals surface area contributed by atoms with Crippen molar-refractivity contribution in [2.24, 2.45) is 0 Å². The van der Waals surface area contributed by atoms with E-state index in [1.54, 1.807) is 14.2 Å². The second-order valence-corrected chi connectivity index (χ2v) is 3.35. The van der Waals surface area contributed by atoms with Gasteiger partial charge in [-0.1, -0.05) is 20.8 Å². The van der Waals surface area contributed by atoms with Crippen LogP contribution in [0.1, 0.15) is 34.1 Å². The molecule has 0 fully saturated rings. The summed E-state index contributed by atoms with van der Waals surface area (Å²) in [6.07, 6.45) is 1.13. The molecule has 0 aliphatic carbocycles. The molecule has 0 bridgehead atoms. The van der Waals surface area contributed by atoms with Gasteiger partial charge < -0.3 is 14.8 Å². The molecule has 0 saturated carbocycles. The highest BCUT2D eigenvalue weighted by molar-refractivity contribution is 4.82. The number of ether oxygens (including phenoxy) is 2. The summed E-state index contributed by atoms with van der Waals surface area (Å²) in [5.74, 6) is 0. The van der Waals surface area contributed by atoms with Gasteiger partial charge in [-0.05, 0) is 19.9 Å². The smallest absolute Gasteiger partial charge is 0.0664 e. The second kappa shape index (κ2) is 11.0. The molecule has 0 rings (SSSR count).